The molecule has 0 unspecified atom stereocenters. The second-order valence-corrected chi connectivity index (χ2v) is 5.86. The van der Waals surface area contributed by atoms with Crippen molar-refractivity contribution in [3.8, 4) is 0 Å². The molecule has 0 aliphatic carbocycles. The van der Waals surface area contributed by atoms with Crippen molar-refractivity contribution in [3.05, 3.63) is 49.3 Å². The molecule has 1 heterocycles. The van der Waals surface area contributed by atoms with Crippen molar-refractivity contribution in [3.63, 3.8) is 0 Å². The van der Waals surface area contributed by atoms with E-state index in [1.165, 1.54) is 23.5 Å². The lowest BCUT2D eigenvalue weighted by atomic mass is 10.3. The number of amides is 1. The van der Waals surface area contributed by atoms with Crippen LogP contribution in [0.4, 0.5) is 10.1 Å². The van der Waals surface area contributed by atoms with Crippen LogP contribution in [0.25, 0.3) is 0 Å². The van der Waals surface area contributed by atoms with Crippen LogP contribution in [0, 0.1) is 5.82 Å². The highest BCUT2D eigenvalue weighted by atomic mass is 79.9. The number of hydrogen-bond donors (Lipinski definition) is 1. The largest absolute Gasteiger partial charge is 0.319 e. The predicted octanol–water partition coefficient (Wildman–Crippen LogP) is 4.66. The van der Waals surface area contributed by atoms with E-state index in [2.05, 4.69) is 37.2 Å². The lowest BCUT2D eigenvalue weighted by Crippen LogP contribution is -2.11. The average molecular weight is 379 g/mol. The fraction of sp³-hybridized carbons (Fsp3) is 0. The van der Waals surface area contributed by atoms with Gasteiger partial charge in [-0.25, -0.2) is 4.39 Å². The van der Waals surface area contributed by atoms with Gasteiger partial charge in [-0.05, 0) is 45.6 Å². The van der Waals surface area contributed by atoms with Crippen molar-refractivity contribution < 1.29 is 9.18 Å². The third-order valence-corrected chi connectivity index (χ3v) is 4.33. The Morgan fingerprint density at radius 3 is 2.71 bits per heavy atom. The van der Waals surface area contributed by atoms with E-state index in [9.17, 15) is 9.18 Å². The van der Waals surface area contributed by atoms with E-state index in [0.717, 1.165) is 0 Å². The zero-order valence-electron chi connectivity index (χ0n) is 8.34. The summed E-state index contributed by atoms with van der Waals surface area (Å²) in [6.45, 7) is 0. The quantitative estimate of drug-likeness (QED) is 0.808. The molecule has 0 aliphatic rings. The lowest BCUT2D eigenvalue weighted by molar-refractivity contribution is 0.102. The molecule has 1 amide bonds. The van der Waals surface area contributed by atoms with Crippen molar-refractivity contribution in [2.75, 3.05) is 5.32 Å². The Labute approximate surface area is 118 Å². The summed E-state index contributed by atoms with van der Waals surface area (Å²) in [4.78, 5) is 12.4. The summed E-state index contributed by atoms with van der Waals surface area (Å²) in [6, 6.07) is 6.17. The fourth-order valence-electron chi connectivity index (χ4n) is 1.23. The predicted molar refractivity (Wildman–Crippen MR) is 74.1 cm³/mol. The van der Waals surface area contributed by atoms with Crippen LogP contribution in [0.2, 0.25) is 0 Å². The molecule has 1 aromatic carbocycles. The maximum atomic E-state index is 13.4. The van der Waals surface area contributed by atoms with Crippen LogP contribution in [0.15, 0.2) is 38.6 Å². The van der Waals surface area contributed by atoms with Gasteiger partial charge in [0.15, 0.2) is 0 Å². The number of nitrogens with one attached hydrogen (secondary N) is 1. The van der Waals surface area contributed by atoms with Gasteiger partial charge in [0.05, 0.1) is 5.69 Å². The van der Waals surface area contributed by atoms with Crippen molar-refractivity contribution in [2.45, 2.75) is 0 Å². The van der Waals surface area contributed by atoms with E-state index in [0.29, 0.717) is 13.8 Å². The molecule has 17 heavy (non-hydrogen) atoms. The van der Waals surface area contributed by atoms with Gasteiger partial charge >= 0.3 is 0 Å². The van der Waals surface area contributed by atoms with Gasteiger partial charge in [-0.3, -0.25) is 4.79 Å². The molecular weight excluding hydrogens is 373 g/mol. The van der Waals surface area contributed by atoms with E-state index in [-0.39, 0.29) is 11.6 Å². The minimum Gasteiger partial charge on any atom is -0.319 e. The summed E-state index contributed by atoms with van der Waals surface area (Å²) in [5.74, 6) is -0.793. The minimum atomic E-state index is -0.464. The number of benzene rings is 1. The van der Waals surface area contributed by atoms with Gasteiger partial charge in [0.2, 0.25) is 0 Å². The Kier molecular flexibility index (Phi) is 3.96. The van der Waals surface area contributed by atoms with Crippen molar-refractivity contribution in [1.29, 1.82) is 0 Å². The molecule has 0 saturated heterocycles. The Hall–Kier alpha value is -0.720. The van der Waals surface area contributed by atoms with E-state index in [4.69, 9.17) is 0 Å². The first-order valence-corrected chi connectivity index (χ1v) is 7.04. The Morgan fingerprint density at radius 2 is 2.06 bits per heavy atom. The maximum absolute atomic E-state index is 13.4. The van der Waals surface area contributed by atoms with Crippen LogP contribution >= 0.6 is 43.2 Å². The van der Waals surface area contributed by atoms with Gasteiger partial charge in [-0.1, -0.05) is 15.9 Å². The van der Waals surface area contributed by atoms with Crippen LogP contribution in [-0.4, -0.2) is 5.91 Å². The molecule has 0 radical (unpaired) electrons. The maximum Gasteiger partial charge on any atom is 0.266 e. The average Bonchev–Trinajstić information content (AvgIpc) is 2.70. The molecule has 2 rings (SSSR count). The second kappa shape index (κ2) is 5.29. The first-order chi connectivity index (χ1) is 8.08. The molecule has 2 nitrogen and oxygen atoms in total. The molecule has 0 saturated carbocycles. The van der Waals surface area contributed by atoms with Crippen LogP contribution in [0.3, 0.4) is 0 Å². The van der Waals surface area contributed by atoms with Crippen LogP contribution in [0.5, 0.6) is 0 Å². The third kappa shape index (κ3) is 2.94. The Balaban J connectivity index is 2.24. The summed E-state index contributed by atoms with van der Waals surface area (Å²) in [7, 11) is 0. The van der Waals surface area contributed by atoms with Crippen molar-refractivity contribution in [1.82, 2.24) is 0 Å². The second-order valence-electron chi connectivity index (χ2n) is 3.18. The fourth-order valence-corrected chi connectivity index (χ4v) is 3.04. The third-order valence-electron chi connectivity index (χ3n) is 2.00. The van der Waals surface area contributed by atoms with E-state index in [1.807, 2.05) is 0 Å². The molecule has 88 valence electrons. The summed E-state index contributed by atoms with van der Waals surface area (Å²) in [5, 5.41) is 4.32. The first kappa shape index (κ1) is 12.7. The molecule has 0 fully saturated rings. The zero-order valence-corrected chi connectivity index (χ0v) is 12.3. The molecule has 1 aromatic heterocycles. The Morgan fingerprint density at radius 1 is 1.29 bits per heavy atom. The number of thiophene rings is 1. The summed E-state index contributed by atoms with van der Waals surface area (Å²) >= 11 is 7.78. The van der Waals surface area contributed by atoms with Gasteiger partial charge in [0, 0.05) is 8.95 Å². The Bertz CT molecular complexity index is 570. The van der Waals surface area contributed by atoms with Gasteiger partial charge in [0.1, 0.15) is 10.7 Å². The highest BCUT2D eigenvalue weighted by Crippen LogP contribution is 2.25. The van der Waals surface area contributed by atoms with Gasteiger partial charge in [-0.2, -0.15) is 0 Å². The minimum absolute atomic E-state index is 0.157. The van der Waals surface area contributed by atoms with Gasteiger partial charge in [0.25, 0.3) is 5.91 Å². The van der Waals surface area contributed by atoms with E-state index in [1.54, 1.807) is 17.5 Å². The van der Waals surface area contributed by atoms with Crippen molar-refractivity contribution in [2.24, 2.45) is 0 Å². The first-order valence-electron chi connectivity index (χ1n) is 4.57. The van der Waals surface area contributed by atoms with Crippen LogP contribution < -0.4 is 5.32 Å². The number of rotatable bonds is 2. The topological polar surface area (TPSA) is 29.1 Å². The number of anilines is 1. The summed E-state index contributed by atoms with van der Waals surface area (Å²) in [5.41, 5.74) is 0.157. The van der Waals surface area contributed by atoms with Crippen LogP contribution in [0.1, 0.15) is 9.67 Å². The molecule has 0 aliphatic heterocycles. The number of hydrogen-bond acceptors (Lipinski definition) is 2. The van der Waals surface area contributed by atoms with Gasteiger partial charge in [-0.15, -0.1) is 11.3 Å². The zero-order chi connectivity index (χ0) is 12.4. The normalized spacial score (nSPS) is 10.3. The van der Waals surface area contributed by atoms with E-state index >= 15 is 0 Å². The highest BCUT2D eigenvalue weighted by Gasteiger charge is 2.13. The molecule has 1 N–H and O–H groups in total. The van der Waals surface area contributed by atoms with Crippen molar-refractivity contribution >= 4 is 54.8 Å². The summed E-state index contributed by atoms with van der Waals surface area (Å²) < 4.78 is 14.8. The lowest BCUT2D eigenvalue weighted by Gasteiger charge is -2.05. The number of carbonyl (C=O) groups excluding carboxylic acids is 1. The molecule has 0 bridgehead atoms. The molecule has 0 atom stereocenters. The van der Waals surface area contributed by atoms with E-state index < -0.39 is 5.82 Å². The number of carbonyl (C=O) groups is 1. The summed E-state index contributed by atoms with van der Waals surface area (Å²) in [6.07, 6.45) is 0. The van der Waals surface area contributed by atoms with Crippen LogP contribution in [-0.2, 0) is 0 Å². The molecule has 6 heteroatoms. The standard InChI is InChI=1S/C11H6Br2FNOS/c12-6-1-2-8(14)9(5-6)15-11(16)10-7(13)3-4-17-10/h1-5H,(H,15,16). The molecule has 2 aromatic rings. The highest BCUT2D eigenvalue weighted by molar-refractivity contribution is 9.10. The molecular formula is C11H6Br2FNOS. The molecule has 0 spiro atoms. The number of halogens is 3. The van der Waals surface area contributed by atoms with Gasteiger partial charge < -0.3 is 5.32 Å². The smallest absolute Gasteiger partial charge is 0.266 e. The monoisotopic (exact) mass is 377 g/mol. The SMILES string of the molecule is O=C(Nc1cc(Br)ccc1F)c1sccc1Br.